The van der Waals surface area contributed by atoms with Crippen LogP contribution < -0.4 is 16.0 Å². The predicted molar refractivity (Wildman–Crippen MR) is 92.8 cm³/mol. The minimum Gasteiger partial charge on any atom is -0.352 e. The largest absolute Gasteiger partial charge is 0.352 e. The van der Waals surface area contributed by atoms with Gasteiger partial charge in [-0.25, -0.2) is 9.78 Å². The van der Waals surface area contributed by atoms with Crippen molar-refractivity contribution in [2.75, 3.05) is 26.2 Å². The highest BCUT2D eigenvalue weighted by molar-refractivity contribution is 5.87. The van der Waals surface area contributed by atoms with Crippen molar-refractivity contribution < 1.29 is 14.9 Å². The Morgan fingerprint density at radius 2 is 2.08 bits per heavy atom. The first kappa shape index (κ1) is 17.7. The summed E-state index contributed by atoms with van der Waals surface area (Å²) in [5, 5.41) is 8.18. The minimum absolute atomic E-state index is 0.0742. The summed E-state index contributed by atoms with van der Waals surface area (Å²) in [5.41, 5.74) is 0. The highest BCUT2D eigenvalue weighted by Crippen LogP contribution is 2.17. The van der Waals surface area contributed by atoms with Crippen LogP contribution in [0.5, 0.6) is 0 Å². The summed E-state index contributed by atoms with van der Waals surface area (Å²) in [6, 6.07) is -0.230. The number of amides is 3. The third kappa shape index (κ3) is 4.94. The molecule has 1 saturated carbocycles. The van der Waals surface area contributed by atoms with Crippen LogP contribution >= 0.6 is 0 Å². The van der Waals surface area contributed by atoms with Gasteiger partial charge >= 0.3 is 6.03 Å². The van der Waals surface area contributed by atoms with E-state index in [1.54, 1.807) is 17.4 Å². The van der Waals surface area contributed by atoms with E-state index in [2.05, 4.69) is 20.9 Å². The van der Waals surface area contributed by atoms with Crippen LogP contribution in [-0.2, 0) is 11.3 Å². The van der Waals surface area contributed by atoms with Crippen LogP contribution in [0.15, 0.2) is 18.7 Å². The molecule has 3 rings (SSSR count). The third-order valence-electron chi connectivity index (χ3n) is 5.06. The van der Waals surface area contributed by atoms with E-state index in [9.17, 15) is 9.59 Å². The second-order valence-corrected chi connectivity index (χ2v) is 6.90. The number of carbonyl (C=O) groups is 2. The second kappa shape index (κ2) is 8.84. The number of nitrogens with two attached hydrogens (primary N) is 1. The van der Waals surface area contributed by atoms with Crippen LogP contribution in [0.4, 0.5) is 4.79 Å². The van der Waals surface area contributed by atoms with Crippen LogP contribution in [0.25, 0.3) is 0 Å². The molecule has 1 aliphatic carbocycles. The van der Waals surface area contributed by atoms with Crippen LogP contribution in [0, 0.1) is 0 Å². The van der Waals surface area contributed by atoms with E-state index in [0.717, 1.165) is 19.4 Å². The van der Waals surface area contributed by atoms with E-state index in [0.29, 0.717) is 26.2 Å². The summed E-state index contributed by atoms with van der Waals surface area (Å²) in [7, 11) is 0. The quantitative estimate of drug-likeness (QED) is 0.655. The Kier molecular flexibility index (Phi) is 6.27. The Hall–Kier alpha value is -2.09. The molecular formula is C17H29N6O2+. The lowest BCUT2D eigenvalue weighted by Crippen LogP contribution is -2.93. The number of quaternary nitrogens is 1. The van der Waals surface area contributed by atoms with Crippen molar-refractivity contribution in [2.45, 2.75) is 50.7 Å². The van der Waals surface area contributed by atoms with Crippen molar-refractivity contribution in [3.05, 3.63) is 18.7 Å². The van der Waals surface area contributed by atoms with E-state index in [1.807, 2.05) is 10.8 Å². The number of urea groups is 1. The molecule has 0 aromatic carbocycles. The first-order chi connectivity index (χ1) is 12.2. The standard InChI is InChI=1S/C17H28N6O2/c24-16(20-8-10-22-9-6-19-13-22)15-12-18-7-11-23(15)17(25)21-14-4-2-1-3-5-14/h6,9,13-15,18H,1-5,7-8,10-12H2,(H,20,24)(H,21,25)/p+1/t15-/m1/s1. The predicted octanol–water partition coefficient (Wildman–Crippen LogP) is -0.711. The van der Waals surface area contributed by atoms with Gasteiger partial charge in [0.15, 0.2) is 6.04 Å². The van der Waals surface area contributed by atoms with Gasteiger partial charge < -0.3 is 25.4 Å². The van der Waals surface area contributed by atoms with Crippen molar-refractivity contribution in [1.82, 2.24) is 25.1 Å². The van der Waals surface area contributed by atoms with E-state index in [1.165, 1.54) is 19.3 Å². The highest BCUT2D eigenvalue weighted by atomic mass is 16.2. The number of rotatable bonds is 5. The summed E-state index contributed by atoms with van der Waals surface area (Å²) < 4.78 is 1.92. The topological polar surface area (TPSA) is 95.9 Å². The average Bonchev–Trinajstić information content (AvgIpc) is 3.16. The second-order valence-electron chi connectivity index (χ2n) is 6.90. The number of aromatic nitrogens is 2. The Morgan fingerprint density at radius 3 is 2.84 bits per heavy atom. The highest BCUT2D eigenvalue weighted by Gasteiger charge is 2.35. The Balaban J connectivity index is 1.50. The fraction of sp³-hybridized carbons (Fsp3) is 0.706. The summed E-state index contributed by atoms with van der Waals surface area (Å²) in [6.07, 6.45) is 11.0. The maximum atomic E-state index is 12.7. The summed E-state index contributed by atoms with van der Waals surface area (Å²) in [5.74, 6) is -0.0742. The zero-order chi connectivity index (χ0) is 17.5. The van der Waals surface area contributed by atoms with Gasteiger partial charge in [-0.1, -0.05) is 19.3 Å². The molecule has 3 amide bonds. The molecule has 1 aromatic heterocycles. The summed E-state index contributed by atoms with van der Waals surface area (Å²) >= 11 is 0. The normalized spacial score (nSPS) is 21.8. The zero-order valence-electron chi connectivity index (χ0n) is 14.7. The number of hydrogen-bond donors (Lipinski definition) is 3. The molecule has 2 fully saturated rings. The van der Waals surface area contributed by atoms with E-state index in [4.69, 9.17) is 0 Å². The zero-order valence-corrected chi connectivity index (χ0v) is 14.7. The molecule has 1 aromatic rings. The van der Waals surface area contributed by atoms with Crippen LogP contribution in [0.3, 0.4) is 0 Å². The molecule has 2 heterocycles. The molecule has 138 valence electrons. The van der Waals surface area contributed by atoms with Gasteiger partial charge in [-0.3, -0.25) is 4.79 Å². The lowest BCUT2D eigenvalue weighted by Gasteiger charge is -2.34. The van der Waals surface area contributed by atoms with E-state index >= 15 is 0 Å². The molecule has 1 saturated heterocycles. The molecule has 8 nitrogen and oxygen atoms in total. The molecular weight excluding hydrogens is 320 g/mol. The number of imidazole rings is 1. The van der Waals surface area contributed by atoms with Crippen molar-refractivity contribution in [3.63, 3.8) is 0 Å². The maximum absolute atomic E-state index is 12.7. The van der Waals surface area contributed by atoms with E-state index in [-0.39, 0.29) is 18.0 Å². The van der Waals surface area contributed by atoms with Gasteiger partial charge in [0.05, 0.1) is 19.4 Å². The van der Waals surface area contributed by atoms with Crippen molar-refractivity contribution in [1.29, 1.82) is 0 Å². The number of carbonyl (C=O) groups excluding carboxylic acids is 2. The Labute approximate surface area is 148 Å². The lowest BCUT2D eigenvalue weighted by molar-refractivity contribution is -0.665. The number of piperazine rings is 1. The molecule has 1 aliphatic heterocycles. The van der Waals surface area contributed by atoms with Gasteiger partial charge in [-0.2, -0.15) is 0 Å². The Morgan fingerprint density at radius 1 is 1.24 bits per heavy atom. The summed E-state index contributed by atoms with van der Waals surface area (Å²) in [4.78, 5) is 30.9. The Bertz CT molecular complexity index is 555. The molecule has 2 aliphatic rings. The molecule has 4 N–H and O–H groups in total. The fourth-order valence-electron chi connectivity index (χ4n) is 3.63. The molecule has 0 radical (unpaired) electrons. The van der Waals surface area contributed by atoms with E-state index < -0.39 is 6.04 Å². The molecule has 1 atom stereocenters. The molecule has 0 unspecified atom stereocenters. The minimum atomic E-state index is -0.403. The first-order valence-electron chi connectivity index (χ1n) is 9.36. The van der Waals surface area contributed by atoms with Gasteiger partial charge in [0.2, 0.25) is 5.91 Å². The average molecular weight is 349 g/mol. The van der Waals surface area contributed by atoms with Crippen LogP contribution in [-0.4, -0.2) is 64.7 Å². The monoisotopic (exact) mass is 349 g/mol. The number of nitrogens with one attached hydrogen (secondary N) is 2. The van der Waals surface area contributed by atoms with Gasteiger partial charge in [0.1, 0.15) is 6.54 Å². The van der Waals surface area contributed by atoms with Gasteiger partial charge in [0.25, 0.3) is 0 Å². The SMILES string of the molecule is O=C(NCCn1ccnc1)[C@H]1C[NH2+]CCN1C(=O)NC1CCCCC1. The van der Waals surface area contributed by atoms with Crippen molar-refractivity contribution >= 4 is 11.9 Å². The van der Waals surface area contributed by atoms with Crippen molar-refractivity contribution in [2.24, 2.45) is 0 Å². The third-order valence-corrected chi connectivity index (χ3v) is 5.06. The fourth-order valence-corrected chi connectivity index (χ4v) is 3.63. The van der Waals surface area contributed by atoms with Crippen LogP contribution in [0.1, 0.15) is 32.1 Å². The number of hydrogen-bond acceptors (Lipinski definition) is 3. The molecule has 0 bridgehead atoms. The molecule has 0 spiro atoms. The first-order valence-corrected chi connectivity index (χ1v) is 9.36. The smallest absolute Gasteiger partial charge is 0.318 e. The van der Waals surface area contributed by atoms with Gasteiger partial charge in [-0.15, -0.1) is 0 Å². The van der Waals surface area contributed by atoms with Crippen LogP contribution in [0.2, 0.25) is 0 Å². The maximum Gasteiger partial charge on any atom is 0.318 e. The number of nitrogens with zero attached hydrogens (tertiary/aromatic N) is 3. The van der Waals surface area contributed by atoms with Gasteiger partial charge in [-0.05, 0) is 12.8 Å². The van der Waals surface area contributed by atoms with Gasteiger partial charge in [0, 0.05) is 31.5 Å². The lowest BCUT2D eigenvalue weighted by atomic mass is 9.96. The molecule has 8 heteroatoms. The molecule has 25 heavy (non-hydrogen) atoms. The summed E-state index contributed by atoms with van der Waals surface area (Å²) in [6.45, 7) is 3.28. The van der Waals surface area contributed by atoms with Crippen molar-refractivity contribution in [3.8, 4) is 0 Å².